The Morgan fingerprint density at radius 2 is 0.243 bits per heavy atom. The van der Waals surface area contributed by atoms with Gasteiger partial charge in [-0.2, -0.15) is 0 Å². The molecule has 0 aromatic rings. The first-order valence-corrected chi connectivity index (χ1v) is 32.3. The Hall–Kier alpha value is 0.530. The van der Waals surface area contributed by atoms with Crippen LogP contribution in [0.4, 0.5) is 0 Å². The van der Waals surface area contributed by atoms with Gasteiger partial charge in [0.1, 0.15) is 0 Å². The van der Waals surface area contributed by atoms with Crippen molar-refractivity contribution in [3.05, 3.63) is 0 Å². The number of nitrogens with zero attached hydrogens (tertiary/aromatic N) is 3. The lowest BCUT2D eigenvalue weighted by molar-refractivity contribution is -0.929. The van der Waals surface area contributed by atoms with Crippen LogP contribution in [-0.2, 0) is 0 Å². The van der Waals surface area contributed by atoms with Crippen LogP contribution in [0.2, 0.25) is 0 Å². The first-order chi connectivity index (χ1) is 32.7. The third kappa shape index (κ3) is 53.4. The quantitative estimate of drug-likeness (QED) is 0.0346. The molecule has 0 saturated carbocycles. The van der Waals surface area contributed by atoms with E-state index in [1.54, 1.807) is 0 Å². The van der Waals surface area contributed by atoms with Crippen molar-refractivity contribution >= 4 is 0 Å². The van der Waals surface area contributed by atoms with Gasteiger partial charge in [0.2, 0.25) is 0 Å². The van der Waals surface area contributed by atoms with Crippen LogP contribution >= 0.6 is 0 Å². The zero-order valence-electron chi connectivity index (χ0n) is 51.4. The molecule has 0 bridgehead atoms. The summed E-state index contributed by atoms with van der Waals surface area (Å²) < 4.78 is 4.34. The lowest BCUT2D eigenvalue weighted by Crippen LogP contribution is -3.00. The summed E-state index contributed by atoms with van der Waals surface area (Å²) in [5.74, 6) is 0. The maximum absolute atomic E-state index is 2.34. The maximum Gasteiger partial charge on any atom is 0.0786 e. The topological polar surface area (TPSA) is 60.0 Å². The minimum Gasteiger partial charge on any atom is -1.00 e. The number of hydrogen-bond donors (Lipinski definition) is 0. The molecule has 0 aromatic carbocycles. The normalized spacial score (nSPS) is 11.5. The van der Waals surface area contributed by atoms with E-state index in [1.807, 2.05) is 0 Å². The van der Waals surface area contributed by atoms with Gasteiger partial charge in [-0.1, -0.05) is 212 Å². The van der Waals surface area contributed by atoms with E-state index >= 15 is 0 Å². The lowest BCUT2D eigenvalue weighted by Gasteiger charge is -2.39. The van der Waals surface area contributed by atoms with Crippen LogP contribution in [0.3, 0.4) is 0 Å². The molecule has 0 aromatic heterocycles. The van der Waals surface area contributed by atoms with Gasteiger partial charge < -0.3 is 48.4 Å². The molecule has 0 heterocycles. The van der Waals surface area contributed by atoms with Crippen molar-refractivity contribution in [1.82, 2.24) is 0 Å². The van der Waals surface area contributed by atoms with Gasteiger partial charge in [0, 0.05) is 0 Å². The molecule has 0 aliphatic heterocycles. The third-order valence-corrected chi connectivity index (χ3v) is 15.8. The smallest absolute Gasteiger partial charge is 0.0786 e. The second-order valence-corrected chi connectivity index (χ2v) is 22.6. The first-order valence-electron chi connectivity index (χ1n) is 32.3. The number of halogens is 1. The summed E-state index contributed by atoms with van der Waals surface area (Å²) in [7, 11) is 0. The summed E-state index contributed by atoms with van der Waals surface area (Å²) in [4.78, 5) is 0. The van der Waals surface area contributed by atoms with Gasteiger partial charge in [0.05, 0.1) is 78.5 Å². The molecule has 0 spiro atoms. The van der Waals surface area contributed by atoms with Gasteiger partial charge in [-0.05, 0) is 128 Å². The fourth-order valence-electron chi connectivity index (χ4n) is 11.0. The third-order valence-electron chi connectivity index (χ3n) is 15.8. The van der Waals surface area contributed by atoms with Gasteiger partial charge >= 0.3 is 0 Å². The molecule has 0 rings (SSSR count). The monoisotopic (exact) mass is 1110 g/mol. The highest BCUT2D eigenvalue weighted by molar-refractivity contribution is 4.56. The molecular weight excluding hydrogens is 970 g/mol. The molecule has 0 saturated heterocycles. The van der Waals surface area contributed by atoms with Crippen LogP contribution in [0.25, 0.3) is 0 Å². The highest BCUT2D eigenvalue weighted by atomic mass is 127. The zero-order valence-corrected chi connectivity index (χ0v) is 53.5. The molecule has 0 amide bonds. The van der Waals surface area contributed by atoms with E-state index in [0.717, 1.165) is 0 Å². The van der Waals surface area contributed by atoms with Crippen molar-refractivity contribution in [2.75, 3.05) is 78.5 Å². The largest absolute Gasteiger partial charge is 1.00 e. The summed E-state index contributed by atoms with van der Waals surface area (Å²) in [5.41, 5.74) is 0. The Bertz CT molecular complexity index is 694. The highest BCUT2D eigenvalue weighted by Crippen LogP contribution is 2.22. The molecule has 6 heteroatoms. The van der Waals surface area contributed by atoms with E-state index in [-0.39, 0.29) is 34.9 Å². The van der Waals surface area contributed by atoms with E-state index in [0.29, 0.717) is 0 Å². The number of quaternary nitrogens is 3. The number of unbranched alkanes of at least 4 members (excludes halogenated alkanes) is 28. The van der Waals surface area contributed by atoms with E-state index in [2.05, 4.69) is 83.1 Å². The minimum atomic E-state index is 0. The Balaban J connectivity index is -0.000000219. The first kappa shape index (κ1) is 81.9. The summed E-state index contributed by atoms with van der Waals surface area (Å²) >= 11 is 0. The molecule has 0 radical (unpaired) electrons. The van der Waals surface area contributed by atoms with Crippen molar-refractivity contribution < 1.29 is 48.4 Å². The van der Waals surface area contributed by atoms with E-state index in [9.17, 15) is 0 Å². The fourth-order valence-corrected chi connectivity index (χ4v) is 11.0. The van der Waals surface area contributed by atoms with Crippen LogP contribution in [0, 0.1) is 0 Å². The van der Waals surface area contributed by atoms with Crippen LogP contribution < -0.4 is 24.0 Å². The summed E-state index contributed by atoms with van der Waals surface area (Å²) in [6.45, 7) is 45.4. The molecule has 0 aliphatic carbocycles. The van der Waals surface area contributed by atoms with Gasteiger partial charge in [-0.15, -0.1) is 0 Å². The molecule has 0 atom stereocenters. The lowest BCUT2D eigenvalue weighted by atomic mass is 10.1. The average molecular weight is 1110 g/mol. The van der Waals surface area contributed by atoms with Crippen LogP contribution in [0.15, 0.2) is 0 Å². The van der Waals surface area contributed by atoms with E-state index in [4.69, 9.17) is 0 Å². The van der Waals surface area contributed by atoms with Crippen molar-refractivity contribution in [2.45, 2.75) is 340 Å². The highest BCUT2D eigenvalue weighted by Gasteiger charge is 2.28. The predicted octanol–water partition coefficient (Wildman–Crippen LogP) is 17.9. The van der Waals surface area contributed by atoms with Crippen LogP contribution in [-0.4, -0.2) is 103 Å². The van der Waals surface area contributed by atoms with Crippen molar-refractivity contribution in [2.24, 2.45) is 0 Å². The molecule has 70 heavy (non-hydrogen) atoms. The Kier molecular flexibility index (Phi) is 76.8. The van der Waals surface area contributed by atoms with Gasteiger partial charge in [0.15, 0.2) is 0 Å². The summed E-state index contributed by atoms with van der Waals surface area (Å²) in [6.07, 6.45) is 56.8. The molecule has 0 fully saturated rings. The van der Waals surface area contributed by atoms with Gasteiger partial charge in [0.25, 0.3) is 0 Å². The van der Waals surface area contributed by atoms with Crippen LogP contribution in [0.5, 0.6) is 0 Å². The SMILES string of the molecule is CCCCCC[N+](CCCCCC)(CCCCCC)CCCCCC.CCCCCC[N+](CCCCCC)(CCCCCC)CCCCCC.CCCC[N+](CCCC)(CCCC)CCCC.[I-].[OH-].[OH-]. The predicted molar refractivity (Wildman–Crippen MR) is 316 cm³/mol. The van der Waals surface area contributed by atoms with E-state index < -0.39 is 0 Å². The van der Waals surface area contributed by atoms with Crippen molar-refractivity contribution in [3.8, 4) is 0 Å². The van der Waals surface area contributed by atoms with Crippen molar-refractivity contribution in [1.29, 1.82) is 0 Å². The molecule has 432 valence electrons. The number of rotatable bonds is 52. The minimum absolute atomic E-state index is 0. The van der Waals surface area contributed by atoms with Crippen LogP contribution in [0.1, 0.15) is 340 Å². The molecular formula is C64H142IN3O2. The second-order valence-electron chi connectivity index (χ2n) is 22.6. The summed E-state index contributed by atoms with van der Waals surface area (Å²) in [6, 6.07) is 0. The van der Waals surface area contributed by atoms with Crippen molar-refractivity contribution in [3.63, 3.8) is 0 Å². The molecule has 0 aliphatic rings. The Morgan fingerprint density at radius 1 is 0.143 bits per heavy atom. The molecule has 2 N–H and O–H groups in total. The average Bonchev–Trinajstić information content (AvgIpc) is 3.35. The fraction of sp³-hybridized carbons (Fsp3) is 1.00. The summed E-state index contributed by atoms with van der Waals surface area (Å²) in [5, 5.41) is 0. The maximum atomic E-state index is 2.34. The second kappa shape index (κ2) is 65.6. The Labute approximate surface area is 464 Å². The standard InChI is InChI=1S/2C24H52N.C16H36N.HI.2H2O/c2*1-5-9-13-17-21-25(22-18-14-10-6-2,23-19-15-11-7-3)24-20-16-12-8-4;1-5-9-13-17(14-10-6-2,15-11-7-3)16-12-8-4;;;/h2*5-24H2,1-4H3;5-16H2,1-4H3;1H;2*1H2/q3*+1;;;/p-3. The molecule has 5 nitrogen and oxygen atoms in total. The molecule has 0 unspecified atom stereocenters. The van der Waals surface area contributed by atoms with Gasteiger partial charge in [-0.3, -0.25) is 0 Å². The Morgan fingerprint density at radius 3 is 0.343 bits per heavy atom. The van der Waals surface area contributed by atoms with E-state index in [1.165, 1.54) is 349 Å². The van der Waals surface area contributed by atoms with Gasteiger partial charge in [-0.25, -0.2) is 0 Å². The zero-order chi connectivity index (χ0) is 50.3. The number of hydrogen-bond acceptors (Lipinski definition) is 2.